The van der Waals surface area contributed by atoms with Crippen molar-refractivity contribution in [2.45, 2.75) is 23.8 Å². The van der Waals surface area contributed by atoms with Gasteiger partial charge in [-0.25, -0.2) is 8.42 Å². The molecule has 1 aliphatic rings. The van der Waals surface area contributed by atoms with E-state index in [4.69, 9.17) is 14.2 Å². The summed E-state index contributed by atoms with van der Waals surface area (Å²) in [5, 5.41) is 0. The molecule has 1 fully saturated rings. The first kappa shape index (κ1) is 16.1. The van der Waals surface area contributed by atoms with E-state index >= 15 is 0 Å². The molecule has 6 nitrogen and oxygen atoms in total. The molecule has 1 aromatic carbocycles. The molecule has 0 aliphatic carbocycles. The summed E-state index contributed by atoms with van der Waals surface area (Å²) < 4.78 is 42.5. The maximum absolute atomic E-state index is 12.8. The third-order valence-corrected chi connectivity index (χ3v) is 5.59. The lowest BCUT2D eigenvalue weighted by Gasteiger charge is -2.23. The number of sulfonamides is 1. The van der Waals surface area contributed by atoms with Crippen LogP contribution in [-0.2, 0) is 14.8 Å². The Hall–Kier alpha value is -1.31. The van der Waals surface area contributed by atoms with Crippen LogP contribution < -0.4 is 9.47 Å². The summed E-state index contributed by atoms with van der Waals surface area (Å²) >= 11 is 0. The molecule has 21 heavy (non-hydrogen) atoms. The molecule has 0 aromatic heterocycles. The van der Waals surface area contributed by atoms with Crippen LogP contribution in [0.3, 0.4) is 0 Å². The molecule has 1 aliphatic heterocycles. The van der Waals surface area contributed by atoms with Gasteiger partial charge in [0.25, 0.3) is 0 Å². The van der Waals surface area contributed by atoms with Gasteiger partial charge < -0.3 is 14.2 Å². The van der Waals surface area contributed by atoms with Gasteiger partial charge in [0.15, 0.2) is 11.5 Å². The normalized spacial score (nSPS) is 19.7. The van der Waals surface area contributed by atoms with Gasteiger partial charge in [-0.05, 0) is 25.0 Å². The number of nitrogens with zero attached hydrogens (tertiary/aromatic N) is 1. The molecule has 1 heterocycles. The van der Waals surface area contributed by atoms with E-state index in [0.717, 1.165) is 12.8 Å². The van der Waals surface area contributed by atoms with E-state index in [2.05, 4.69) is 0 Å². The third kappa shape index (κ3) is 3.14. The highest BCUT2D eigenvalue weighted by Crippen LogP contribution is 2.32. The zero-order chi connectivity index (χ0) is 15.5. The van der Waals surface area contributed by atoms with E-state index < -0.39 is 10.0 Å². The lowest BCUT2D eigenvalue weighted by molar-refractivity contribution is 0.149. The zero-order valence-corrected chi connectivity index (χ0v) is 13.4. The SMILES string of the molecule is COC[C@@H]1CCCN1S(=O)(=O)c1ccc(OC)c(OC)c1. The molecule has 0 unspecified atom stereocenters. The Balaban J connectivity index is 2.35. The van der Waals surface area contributed by atoms with Gasteiger partial charge in [0.1, 0.15) is 0 Å². The summed E-state index contributed by atoms with van der Waals surface area (Å²) in [6.07, 6.45) is 1.67. The summed E-state index contributed by atoms with van der Waals surface area (Å²) in [5.74, 6) is 0.910. The van der Waals surface area contributed by atoms with E-state index in [9.17, 15) is 8.42 Å². The minimum atomic E-state index is -3.55. The quantitative estimate of drug-likeness (QED) is 0.796. The first-order chi connectivity index (χ1) is 10.0. The minimum absolute atomic E-state index is 0.104. The summed E-state index contributed by atoms with van der Waals surface area (Å²) in [7, 11) is 1.03. The molecule has 0 amide bonds. The first-order valence-electron chi connectivity index (χ1n) is 6.77. The van der Waals surface area contributed by atoms with E-state index in [1.807, 2.05) is 0 Å². The Labute approximate surface area is 125 Å². The van der Waals surface area contributed by atoms with Crippen LogP contribution in [0.4, 0.5) is 0 Å². The van der Waals surface area contributed by atoms with Crippen molar-refractivity contribution in [1.82, 2.24) is 4.31 Å². The summed E-state index contributed by atoms with van der Waals surface area (Å²) in [6.45, 7) is 0.928. The molecule has 0 radical (unpaired) electrons. The van der Waals surface area contributed by atoms with Gasteiger partial charge in [-0.15, -0.1) is 0 Å². The number of methoxy groups -OCH3 is 3. The van der Waals surface area contributed by atoms with Crippen LogP contribution in [0, 0.1) is 0 Å². The fourth-order valence-electron chi connectivity index (χ4n) is 2.60. The fraction of sp³-hybridized carbons (Fsp3) is 0.571. The average Bonchev–Trinajstić information content (AvgIpc) is 2.96. The standard InChI is InChI=1S/C14H21NO5S/c1-18-10-11-5-4-8-15(11)21(16,17)12-6-7-13(19-2)14(9-12)20-3/h6-7,9,11H,4-5,8,10H2,1-3H3/t11-/m0/s1. The molecule has 1 saturated heterocycles. The average molecular weight is 315 g/mol. The Morgan fingerprint density at radius 1 is 1.19 bits per heavy atom. The molecule has 1 atom stereocenters. The predicted molar refractivity (Wildman–Crippen MR) is 78.3 cm³/mol. The minimum Gasteiger partial charge on any atom is -0.493 e. The van der Waals surface area contributed by atoms with Crippen molar-refractivity contribution in [2.24, 2.45) is 0 Å². The lowest BCUT2D eigenvalue weighted by Crippen LogP contribution is -2.38. The van der Waals surface area contributed by atoms with Crippen LogP contribution in [0.5, 0.6) is 11.5 Å². The number of rotatable bonds is 6. The summed E-state index contributed by atoms with van der Waals surface area (Å²) in [4.78, 5) is 0.211. The van der Waals surface area contributed by atoms with Gasteiger partial charge in [-0.1, -0.05) is 0 Å². The van der Waals surface area contributed by atoms with Crippen molar-refractivity contribution in [3.05, 3.63) is 18.2 Å². The molecule has 0 spiro atoms. The van der Waals surface area contributed by atoms with Crippen LogP contribution in [0.25, 0.3) is 0 Å². The number of ether oxygens (including phenoxy) is 3. The summed E-state index contributed by atoms with van der Waals surface area (Å²) in [6, 6.07) is 4.54. The van der Waals surface area contributed by atoms with Gasteiger partial charge in [-0.2, -0.15) is 4.31 Å². The monoisotopic (exact) mass is 315 g/mol. The molecule has 0 N–H and O–H groups in total. The molecule has 118 valence electrons. The second-order valence-corrected chi connectivity index (χ2v) is 6.77. The zero-order valence-electron chi connectivity index (χ0n) is 12.5. The second kappa shape index (κ2) is 6.64. The van der Waals surface area contributed by atoms with E-state index in [0.29, 0.717) is 24.7 Å². The van der Waals surface area contributed by atoms with E-state index in [-0.39, 0.29) is 10.9 Å². The fourth-order valence-corrected chi connectivity index (χ4v) is 4.29. The maximum atomic E-state index is 12.8. The van der Waals surface area contributed by atoms with Crippen LogP contribution in [0.15, 0.2) is 23.1 Å². The van der Waals surface area contributed by atoms with Crippen LogP contribution in [0.2, 0.25) is 0 Å². The van der Waals surface area contributed by atoms with Crippen molar-refractivity contribution in [2.75, 3.05) is 34.5 Å². The van der Waals surface area contributed by atoms with Gasteiger partial charge in [0.05, 0.1) is 25.7 Å². The Bertz CT molecular complexity index is 587. The van der Waals surface area contributed by atoms with Crippen molar-refractivity contribution in [3.63, 3.8) is 0 Å². The van der Waals surface area contributed by atoms with Gasteiger partial charge in [-0.3, -0.25) is 0 Å². The Kier molecular flexibility index (Phi) is 5.08. The summed E-state index contributed by atoms with van der Waals surface area (Å²) in [5.41, 5.74) is 0. The third-order valence-electron chi connectivity index (χ3n) is 3.64. The molecule has 0 saturated carbocycles. The molecule has 7 heteroatoms. The number of hydrogen-bond donors (Lipinski definition) is 0. The van der Waals surface area contributed by atoms with Gasteiger partial charge in [0.2, 0.25) is 10.0 Å². The smallest absolute Gasteiger partial charge is 0.243 e. The lowest BCUT2D eigenvalue weighted by atomic mass is 10.2. The highest BCUT2D eigenvalue weighted by molar-refractivity contribution is 7.89. The van der Waals surface area contributed by atoms with Gasteiger partial charge >= 0.3 is 0 Å². The van der Waals surface area contributed by atoms with Crippen LogP contribution in [0.1, 0.15) is 12.8 Å². The Morgan fingerprint density at radius 2 is 1.90 bits per heavy atom. The van der Waals surface area contributed by atoms with Crippen LogP contribution in [-0.4, -0.2) is 53.2 Å². The second-order valence-electron chi connectivity index (χ2n) is 4.88. The Morgan fingerprint density at radius 3 is 2.52 bits per heavy atom. The topological polar surface area (TPSA) is 65.1 Å². The van der Waals surface area contributed by atoms with Crippen molar-refractivity contribution < 1.29 is 22.6 Å². The molecular formula is C14H21NO5S. The highest BCUT2D eigenvalue weighted by Gasteiger charge is 2.35. The molecule has 2 rings (SSSR count). The number of benzene rings is 1. The largest absolute Gasteiger partial charge is 0.493 e. The van der Waals surface area contributed by atoms with Crippen molar-refractivity contribution in [3.8, 4) is 11.5 Å². The van der Waals surface area contributed by atoms with E-state index in [1.165, 1.54) is 24.6 Å². The predicted octanol–water partition coefficient (Wildman–Crippen LogP) is 1.50. The molecular weight excluding hydrogens is 294 g/mol. The first-order valence-corrected chi connectivity index (χ1v) is 8.21. The van der Waals surface area contributed by atoms with Gasteiger partial charge in [0, 0.05) is 25.8 Å². The molecule has 1 aromatic rings. The van der Waals surface area contributed by atoms with E-state index in [1.54, 1.807) is 19.2 Å². The van der Waals surface area contributed by atoms with Crippen LogP contribution >= 0.6 is 0 Å². The van der Waals surface area contributed by atoms with Crippen molar-refractivity contribution in [1.29, 1.82) is 0 Å². The van der Waals surface area contributed by atoms with Crippen molar-refractivity contribution >= 4 is 10.0 Å². The highest BCUT2D eigenvalue weighted by atomic mass is 32.2. The molecule has 0 bridgehead atoms. The number of hydrogen-bond acceptors (Lipinski definition) is 5. The maximum Gasteiger partial charge on any atom is 0.243 e.